The van der Waals surface area contributed by atoms with E-state index in [9.17, 15) is 0 Å². The summed E-state index contributed by atoms with van der Waals surface area (Å²) in [5, 5.41) is 0. The van der Waals surface area contributed by atoms with Crippen LogP contribution < -0.4 is 4.90 Å². The average molecular weight is 311 g/mol. The molecule has 0 bridgehead atoms. The Morgan fingerprint density at radius 3 is 2.61 bits per heavy atom. The minimum absolute atomic E-state index is 0.369. The third-order valence-electron chi connectivity index (χ3n) is 4.38. The second kappa shape index (κ2) is 7.55. The second-order valence-corrected chi connectivity index (χ2v) is 6.21. The molecule has 3 rings (SSSR count). The second-order valence-electron chi connectivity index (χ2n) is 6.21. The first kappa shape index (κ1) is 15.9. The molecule has 0 atom stereocenters. The zero-order chi connectivity index (χ0) is 16.1. The van der Waals surface area contributed by atoms with E-state index >= 15 is 0 Å². The maximum Gasteiger partial charge on any atom is 0.150 e. The maximum absolute atomic E-state index is 6.06. The fraction of sp³-hybridized carbons (Fsp3) is 0.474. The van der Waals surface area contributed by atoms with Crippen molar-refractivity contribution < 1.29 is 4.74 Å². The summed E-state index contributed by atoms with van der Waals surface area (Å²) in [5.74, 6) is 1.03. The minimum atomic E-state index is 0.369. The highest BCUT2D eigenvalue weighted by atomic mass is 16.5. The normalized spacial score (nSPS) is 15.8. The van der Waals surface area contributed by atoms with Crippen LogP contribution in [0.1, 0.15) is 29.8 Å². The molecule has 23 heavy (non-hydrogen) atoms. The Bertz CT molecular complexity index is 622. The standard InChI is InChI=1S/C19H25N3O/c1-15-14-20-16(2)19(21-15)22-11-8-18(9-12-22)23-13-10-17-6-4-3-5-7-17/h3-7,14,18H,8-13H2,1-2H3. The Morgan fingerprint density at radius 2 is 1.87 bits per heavy atom. The van der Waals surface area contributed by atoms with Crippen LogP contribution in [0.2, 0.25) is 0 Å². The van der Waals surface area contributed by atoms with E-state index < -0.39 is 0 Å². The van der Waals surface area contributed by atoms with Gasteiger partial charge in [0, 0.05) is 19.3 Å². The predicted molar refractivity (Wildman–Crippen MR) is 92.8 cm³/mol. The van der Waals surface area contributed by atoms with Crippen LogP contribution in [0.4, 0.5) is 5.82 Å². The topological polar surface area (TPSA) is 38.2 Å². The molecule has 0 N–H and O–H groups in total. The van der Waals surface area contributed by atoms with Crippen LogP contribution in [0.15, 0.2) is 36.5 Å². The lowest BCUT2D eigenvalue weighted by Crippen LogP contribution is -2.38. The van der Waals surface area contributed by atoms with Gasteiger partial charge in [-0.05, 0) is 38.7 Å². The predicted octanol–water partition coefficient (Wildman–Crippen LogP) is 3.32. The van der Waals surface area contributed by atoms with E-state index in [1.54, 1.807) is 0 Å². The summed E-state index contributed by atoms with van der Waals surface area (Å²) >= 11 is 0. The molecule has 0 saturated carbocycles. The van der Waals surface area contributed by atoms with Gasteiger partial charge in [-0.15, -0.1) is 0 Å². The summed E-state index contributed by atoms with van der Waals surface area (Å²) < 4.78 is 6.06. The van der Waals surface area contributed by atoms with Crippen molar-refractivity contribution in [1.82, 2.24) is 9.97 Å². The molecule has 0 unspecified atom stereocenters. The molecule has 1 aliphatic rings. The van der Waals surface area contributed by atoms with Crippen molar-refractivity contribution in [3.8, 4) is 0 Å². The van der Waals surface area contributed by atoms with Crippen LogP contribution in [0.3, 0.4) is 0 Å². The number of hydrogen-bond donors (Lipinski definition) is 0. The number of nitrogens with zero attached hydrogens (tertiary/aromatic N) is 3. The van der Waals surface area contributed by atoms with Crippen molar-refractivity contribution in [3.63, 3.8) is 0 Å². The smallest absolute Gasteiger partial charge is 0.150 e. The van der Waals surface area contributed by atoms with E-state index in [0.717, 1.165) is 56.2 Å². The lowest BCUT2D eigenvalue weighted by atomic mass is 10.1. The molecule has 1 saturated heterocycles. The Kier molecular flexibility index (Phi) is 5.23. The highest BCUT2D eigenvalue weighted by Crippen LogP contribution is 2.22. The molecule has 2 heterocycles. The number of rotatable bonds is 5. The molecule has 0 spiro atoms. The number of aryl methyl sites for hydroxylation is 2. The molecular formula is C19H25N3O. The molecule has 0 aliphatic carbocycles. The molecule has 1 aromatic carbocycles. The van der Waals surface area contributed by atoms with Crippen molar-refractivity contribution in [2.75, 3.05) is 24.6 Å². The van der Waals surface area contributed by atoms with Gasteiger partial charge in [-0.3, -0.25) is 4.98 Å². The molecular weight excluding hydrogens is 286 g/mol. The summed E-state index contributed by atoms with van der Waals surface area (Å²) in [6.07, 6.45) is 5.31. The Labute approximate surface area is 138 Å². The largest absolute Gasteiger partial charge is 0.378 e. The monoisotopic (exact) mass is 311 g/mol. The number of hydrogen-bond acceptors (Lipinski definition) is 4. The van der Waals surface area contributed by atoms with Gasteiger partial charge in [0.05, 0.1) is 24.1 Å². The van der Waals surface area contributed by atoms with Crippen molar-refractivity contribution in [2.45, 2.75) is 39.2 Å². The van der Waals surface area contributed by atoms with E-state index in [2.05, 4.69) is 45.2 Å². The molecule has 4 heteroatoms. The average Bonchev–Trinajstić information content (AvgIpc) is 2.59. The van der Waals surface area contributed by atoms with Gasteiger partial charge in [-0.2, -0.15) is 0 Å². The summed E-state index contributed by atoms with van der Waals surface area (Å²) in [4.78, 5) is 11.4. The van der Waals surface area contributed by atoms with Gasteiger partial charge in [0.15, 0.2) is 0 Å². The molecule has 1 aromatic heterocycles. The third-order valence-corrected chi connectivity index (χ3v) is 4.38. The molecule has 4 nitrogen and oxygen atoms in total. The van der Waals surface area contributed by atoms with Gasteiger partial charge in [0.2, 0.25) is 0 Å². The number of benzene rings is 1. The number of piperidine rings is 1. The molecule has 2 aromatic rings. The first-order chi connectivity index (χ1) is 11.2. The lowest BCUT2D eigenvalue weighted by molar-refractivity contribution is 0.0389. The van der Waals surface area contributed by atoms with E-state index in [4.69, 9.17) is 4.74 Å². The van der Waals surface area contributed by atoms with Gasteiger partial charge in [-0.1, -0.05) is 30.3 Å². The van der Waals surface area contributed by atoms with Crippen LogP contribution in [0.5, 0.6) is 0 Å². The summed E-state index contributed by atoms with van der Waals surface area (Å²) in [6, 6.07) is 10.5. The zero-order valence-electron chi connectivity index (χ0n) is 14.0. The highest BCUT2D eigenvalue weighted by Gasteiger charge is 2.22. The number of anilines is 1. The Morgan fingerprint density at radius 1 is 1.13 bits per heavy atom. The fourth-order valence-corrected chi connectivity index (χ4v) is 3.05. The van der Waals surface area contributed by atoms with Gasteiger partial charge in [0.1, 0.15) is 5.82 Å². The van der Waals surface area contributed by atoms with Gasteiger partial charge < -0.3 is 9.64 Å². The van der Waals surface area contributed by atoms with E-state index in [-0.39, 0.29) is 0 Å². The minimum Gasteiger partial charge on any atom is -0.378 e. The van der Waals surface area contributed by atoms with E-state index in [1.165, 1.54) is 5.56 Å². The van der Waals surface area contributed by atoms with Crippen LogP contribution >= 0.6 is 0 Å². The molecule has 0 radical (unpaired) electrons. The van der Waals surface area contributed by atoms with Crippen LogP contribution in [0, 0.1) is 13.8 Å². The fourth-order valence-electron chi connectivity index (χ4n) is 3.05. The maximum atomic E-state index is 6.06. The summed E-state index contributed by atoms with van der Waals surface area (Å²) in [6.45, 7) is 6.82. The Balaban J connectivity index is 1.46. The van der Waals surface area contributed by atoms with Gasteiger partial charge in [-0.25, -0.2) is 4.98 Å². The first-order valence-electron chi connectivity index (χ1n) is 8.43. The van der Waals surface area contributed by atoms with Crippen molar-refractivity contribution >= 4 is 5.82 Å². The van der Waals surface area contributed by atoms with E-state index in [1.807, 2.05) is 20.0 Å². The van der Waals surface area contributed by atoms with Crippen LogP contribution in [-0.2, 0) is 11.2 Å². The molecule has 1 fully saturated rings. The zero-order valence-corrected chi connectivity index (χ0v) is 14.0. The quantitative estimate of drug-likeness (QED) is 0.849. The summed E-state index contributed by atoms with van der Waals surface area (Å²) in [7, 11) is 0. The van der Waals surface area contributed by atoms with Crippen molar-refractivity contribution in [3.05, 3.63) is 53.5 Å². The first-order valence-corrected chi connectivity index (χ1v) is 8.43. The summed E-state index contributed by atoms with van der Waals surface area (Å²) in [5.41, 5.74) is 3.33. The highest BCUT2D eigenvalue weighted by molar-refractivity contribution is 5.43. The number of ether oxygens (including phenoxy) is 1. The van der Waals surface area contributed by atoms with Crippen molar-refractivity contribution in [2.24, 2.45) is 0 Å². The van der Waals surface area contributed by atoms with Crippen LogP contribution in [0.25, 0.3) is 0 Å². The number of aromatic nitrogens is 2. The Hall–Kier alpha value is -1.94. The lowest BCUT2D eigenvalue weighted by Gasteiger charge is -2.33. The van der Waals surface area contributed by atoms with Crippen molar-refractivity contribution in [1.29, 1.82) is 0 Å². The molecule has 122 valence electrons. The van der Waals surface area contributed by atoms with E-state index in [0.29, 0.717) is 6.10 Å². The van der Waals surface area contributed by atoms with Gasteiger partial charge >= 0.3 is 0 Å². The third kappa shape index (κ3) is 4.29. The molecule has 1 aliphatic heterocycles. The van der Waals surface area contributed by atoms with Crippen LogP contribution in [-0.4, -0.2) is 35.8 Å². The van der Waals surface area contributed by atoms with Gasteiger partial charge in [0.25, 0.3) is 0 Å². The SMILES string of the molecule is Cc1cnc(C)c(N2CCC(OCCc3ccccc3)CC2)n1. The molecule has 0 amide bonds.